The number of amides is 2. The molecule has 0 spiro atoms. The van der Waals surface area contributed by atoms with Crippen LogP contribution in [-0.2, 0) is 4.74 Å². The second-order valence-electron chi connectivity index (χ2n) is 5.20. The molecule has 0 radical (unpaired) electrons. The lowest BCUT2D eigenvalue weighted by atomic mass is 9.91. The van der Waals surface area contributed by atoms with Gasteiger partial charge >= 0.3 is 6.03 Å². The number of aromatic nitrogens is 2. The maximum absolute atomic E-state index is 12.5. The van der Waals surface area contributed by atoms with E-state index in [0.29, 0.717) is 12.4 Å². The van der Waals surface area contributed by atoms with Gasteiger partial charge in [-0.25, -0.2) is 4.79 Å². The highest BCUT2D eigenvalue weighted by atomic mass is 16.5. The Bertz CT molecular complexity index is 432. The number of nitrogens with zero attached hydrogens (tertiary/aromatic N) is 3. The van der Waals surface area contributed by atoms with Gasteiger partial charge in [-0.05, 0) is 31.4 Å². The van der Waals surface area contributed by atoms with Gasteiger partial charge in [-0.1, -0.05) is 13.3 Å². The molecule has 0 bridgehead atoms. The van der Waals surface area contributed by atoms with E-state index in [-0.39, 0.29) is 11.6 Å². The Labute approximate surface area is 119 Å². The first-order valence-corrected chi connectivity index (χ1v) is 7.07. The van der Waals surface area contributed by atoms with Crippen molar-refractivity contribution in [3.05, 3.63) is 18.3 Å². The van der Waals surface area contributed by atoms with Crippen LogP contribution in [0.2, 0.25) is 0 Å². The highest BCUT2D eigenvalue weighted by Crippen LogP contribution is 2.34. The van der Waals surface area contributed by atoms with Crippen molar-refractivity contribution in [3.8, 4) is 0 Å². The molecule has 1 fully saturated rings. The number of likely N-dealkylation sites (tertiary alicyclic amines) is 1. The third kappa shape index (κ3) is 3.07. The quantitative estimate of drug-likeness (QED) is 0.897. The highest BCUT2D eigenvalue weighted by molar-refractivity contribution is 5.89. The number of urea groups is 1. The maximum Gasteiger partial charge on any atom is 0.323 e. The van der Waals surface area contributed by atoms with Crippen LogP contribution in [0.1, 0.15) is 32.6 Å². The number of ether oxygens (including phenoxy) is 1. The van der Waals surface area contributed by atoms with Crippen LogP contribution in [-0.4, -0.2) is 46.9 Å². The monoisotopic (exact) mass is 278 g/mol. The summed E-state index contributed by atoms with van der Waals surface area (Å²) in [6.07, 6.45) is 5.56. The van der Waals surface area contributed by atoms with Crippen LogP contribution < -0.4 is 5.32 Å². The van der Waals surface area contributed by atoms with Gasteiger partial charge in [-0.3, -0.25) is 5.32 Å². The van der Waals surface area contributed by atoms with Gasteiger partial charge in [0.25, 0.3) is 0 Å². The van der Waals surface area contributed by atoms with E-state index in [9.17, 15) is 4.79 Å². The topological polar surface area (TPSA) is 67.3 Å². The number of carbonyl (C=O) groups excluding carboxylic acids is 1. The summed E-state index contributed by atoms with van der Waals surface area (Å²) < 4.78 is 5.36. The second kappa shape index (κ2) is 6.65. The number of nitrogens with one attached hydrogen (secondary N) is 1. The minimum Gasteiger partial charge on any atom is -0.382 e. The Morgan fingerprint density at radius 2 is 2.45 bits per heavy atom. The summed E-state index contributed by atoms with van der Waals surface area (Å²) in [6.45, 7) is 3.47. The van der Waals surface area contributed by atoms with Crippen molar-refractivity contribution in [2.75, 3.05) is 25.6 Å². The van der Waals surface area contributed by atoms with Crippen LogP contribution in [0.3, 0.4) is 0 Å². The lowest BCUT2D eigenvalue weighted by Gasteiger charge is -2.37. The number of anilines is 1. The first kappa shape index (κ1) is 14.7. The highest BCUT2D eigenvalue weighted by Gasteiger charge is 2.43. The minimum atomic E-state index is -0.185. The molecule has 1 saturated heterocycles. The standard InChI is InChI=1S/C14H22N4O2/c1-3-7-14(11-20-2)8-5-10-18(14)13(19)16-12-6-4-9-15-17-12/h4,6,9H,3,5,7-8,10-11H2,1-2H3,(H,16,17,19)/t14-/m1/s1. The summed E-state index contributed by atoms with van der Waals surface area (Å²) in [5, 5.41) is 10.5. The van der Waals surface area contributed by atoms with Crippen LogP contribution in [0.25, 0.3) is 0 Å². The molecule has 1 aliphatic heterocycles. The third-order valence-electron chi connectivity index (χ3n) is 3.78. The Balaban J connectivity index is 2.10. The van der Waals surface area contributed by atoms with Gasteiger partial charge in [-0.2, -0.15) is 5.10 Å². The Hall–Kier alpha value is -1.69. The molecule has 1 aliphatic rings. The molecule has 2 amide bonds. The molecule has 6 nitrogen and oxygen atoms in total. The molecule has 6 heteroatoms. The number of carbonyl (C=O) groups is 1. The fourth-order valence-corrected chi connectivity index (χ4v) is 3.02. The van der Waals surface area contributed by atoms with Crippen LogP contribution in [0.15, 0.2) is 18.3 Å². The van der Waals surface area contributed by atoms with Crippen molar-refractivity contribution >= 4 is 11.8 Å². The van der Waals surface area contributed by atoms with E-state index in [0.717, 1.165) is 32.2 Å². The van der Waals surface area contributed by atoms with Crippen molar-refractivity contribution in [1.82, 2.24) is 15.1 Å². The number of hydrogen-bond donors (Lipinski definition) is 1. The SMILES string of the molecule is CCC[C@]1(COC)CCCN1C(=O)Nc1cccnn1. The predicted octanol–water partition coefficient (Wildman–Crippen LogP) is 2.29. The summed E-state index contributed by atoms with van der Waals surface area (Å²) in [5.41, 5.74) is -0.185. The van der Waals surface area contributed by atoms with Crippen LogP contribution in [0.4, 0.5) is 10.6 Å². The average molecular weight is 278 g/mol. The summed E-state index contributed by atoms with van der Waals surface area (Å²) in [5.74, 6) is 0.479. The zero-order valence-electron chi connectivity index (χ0n) is 12.1. The molecule has 0 unspecified atom stereocenters. The number of rotatable bonds is 5. The van der Waals surface area contributed by atoms with Crippen molar-refractivity contribution in [3.63, 3.8) is 0 Å². The molecule has 2 heterocycles. The van der Waals surface area contributed by atoms with Crippen molar-refractivity contribution < 1.29 is 9.53 Å². The lowest BCUT2D eigenvalue weighted by Crippen LogP contribution is -2.52. The molecular formula is C14H22N4O2. The maximum atomic E-state index is 12.5. The fraction of sp³-hybridized carbons (Fsp3) is 0.643. The summed E-state index contributed by atoms with van der Waals surface area (Å²) in [4.78, 5) is 14.4. The average Bonchev–Trinajstić information content (AvgIpc) is 2.84. The number of hydrogen-bond acceptors (Lipinski definition) is 4. The van der Waals surface area contributed by atoms with E-state index in [1.54, 1.807) is 25.4 Å². The van der Waals surface area contributed by atoms with E-state index in [1.807, 2.05) is 4.90 Å². The lowest BCUT2D eigenvalue weighted by molar-refractivity contribution is 0.0539. The van der Waals surface area contributed by atoms with Gasteiger partial charge < -0.3 is 9.64 Å². The molecule has 0 aliphatic carbocycles. The van der Waals surface area contributed by atoms with Gasteiger partial charge in [-0.15, -0.1) is 5.10 Å². The van der Waals surface area contributed by atoms with Crippen LogP contribution in [0.5, 0.6) is 0 Å². The Kier molecular flexibility index (Phi) is 4.89. The molecule has 20 heavy (non-hydrogen) atoms. The van der Waals surface area contributed by atoms with Crippen molar-refractivity contribution in [2.45, 2.75) is 38.1 Å². The van der Waals surface area contributed by atoms with E-state index < -0.39 is 0 Å². The summed E-state index contributed by atoms with van der Waals surface area (Å²) in [7, 11) is 1.69. The molecule has 1 atom stereocenters. The molecular weight excluding hydrogens is 256 g/mol. The minimum absolute atomic E-state index is 0.117. The van der Waals surface area contributed by atoms with Gasteiger partial charge in [0.05, 0.1) is 12.1 Å². The first-order valence-electron chi connectivity index (χ1n) is 7.07. The first-order chi connectivity index (χ1) is 9.72. The number of methoxy groups -OCH3 is 1. The zero-order chi connectivity index (χ0) is 14.4. The summed E-state index contributed by atoms with van der Waals surface area (Å²) in [6, 6.07) is 3.37. The third-order valence-corrected chi connectivity index (χ3v) is 3.78. The predicted molar refractivity (Wildman–Crippen MR) is 76.5 cm³/mol. The Morgan fingerprint density at radius 3 is 3.10 bits per heavy atom. The van der Waals surface area contributed by atoms with E-state index in [2.05, 4.69) is 22.4 Å². The second-order valence-corrected chi connectivity index (χ2v) is 5.20. The molecule has 0 aromatic carbocycles. The molecule has 2 rings (SSSR count). The van der Waals surface area contributed by atoms with Crippen molar-refractivity contribution in [1.29, 1.82) is 0 Å². The molecule has 1 N–H and O–H groups in total. The normalized spacial score (nSPS) is 22.0. The van der Waals surface area contributed by atoms with E-state index in [4.69, 9.17) is 4.74 Å². The van der Waals surface area contributed by atoms with Crippen LogP contribution in [0, 0.1) is 0 Å². The van der Waals surface area contributed by atoms with Gasteiger partial charge in [0.2, 0.25) is 0 Å². The van der Waals surface area contributed by atoms with E-state index >= 15 is 0 Å². The largest absolute Gasteiger partial charge is 0.382 e. The molecule has 0 saturated carbocycles. The van der Waals surface area contributed by atoms with Gasteiger partial charge in [0.15, 0.2) is 5.82 Å². The van der Waals surface area contributed by atoms with Crippen molar-refractivity contribution in [2.24, 2.45) is 0 Å². The van der Waals surface area contributed by atoms with Gasteiger partial charge in [0.1, 0.15) is 0 Å². The van der Waals surface area contributed by atoms with Crippen LogP contribution >= 0.6 is 0 Å². The fourth-order valence-electron chi connectivity index (χ4n) is 3.02. The van der Waals surface area contributed by atoms with E-state index in [1.165, 1.54) is 0 Å². The van der Waals surface area contributed by atoms with Gasteiger partial charge in [0, 0.05) is 19.9 Å². The molecule has 1 aromatic rings. The zero-order valence-corrected chi connectivity index (χ0v) is 12.1. The molecule has 1 aromatic heterocycles. The summed E-state index contributed by atoms with van der Waals surface area (Å²) >= 11 is 0. The smallest absolute Gasteiger partial charge is 0.323 e. The molecule has 110 valence electrons. The Morgan fingerprint density at radius 1 is 1.60 bits per heavy atom.